The molecule has 1 aromatic carbocycles. The number of thiazole rings is 1. The summed E-state index contributed by atoms with van der Waals surface area (Å²) in [6.07, 6.45) is 0.764. The molecular formula is C20H19F3N6OS. The molecule has 0 aliphatic heterocycles. The summed E-state index contributed by atoms with van der Waals surface area (Å²) in [5.74, 6) is -0.143. The molecule has 3 aromatic rings. The first-order valence-electron chi connectivity index (χ1n) is 9.48. The number of nitrogens with one attached hydrogen (secondary N) is 2. The summed E-state index contributed by atoms with van der Waals surface area (Å²) >= 11 is 1.45. The molecule has 1 fully saturated rings. The minimum Gasteiger partial charge on any atom is -0.352 e. The second-order valence-electron chi connectivity index (χ2n) is 7.43. The van der Waals surface area contributed by atoms with Gasteiger partial charge in [0.1, 0.15) is 10.7 Å². The highest BCUT2D eigenvalue weighted by Crippen LogP contribution is 2.44. The number of hydrogen-bond donors (Lipinski definition) is 3. The van der Waals surface area contributed by atoms with Crippen molar-refractivity contribution in [2.45, 2.75) is 37.9 Å². The van der Waals surface area contributed by atoms with Gasteiger partial charge in [-0.05, 0) is 55.5 Å². The molecule has 11 heteroatoms. The monoisotopic (exact) mass is 448 g/mol. The lowest BCUT2D eigenvalue weighted by molar-refractivity contribution is -0.141. The zero-order valence-electron chi connectivity index (χ0n) is 16.5. The predicted molar refractivity (Wildman–Crippen MR) is 111 cm³/mol. The van der Waals surface area contributed by atoms with Gasteiger partial charge in [0.25, 0.3) is 0 Å². The van der Waals surface area contributed by atoms with Crippen molar-refractivity contribution in [1.29, 1.82) is 0 Å². The van der Waals surface area contributed by atoms with Crippen molar-refractivity contribution in [3.8, 4) is 10.4 Å². The average Bonchev–Trinajstić information content (AvgIpc) is 3.14. The molecule has 2 heterocycles. The summed E-state index contributed by atoms with van der Waals surface area (Å²) in [5.41, 5.74) is 6.08. The van der Waals surface area contributed by atoms with Crippen molar-refractivity contribution in [2.75, 3.05) is 5.32 Å². The summed E-state index contributed by atoms with van der Waals surface area (Å²) in [7, 11) is 0. The highest BCUT2D eigenvalue weighted by molar-refractivity contribution is 7.15. The lowest BCUT2D eigenvalue weighted by atomic mass is 9.77. The van der Waals surface area contributed by atoms with E-state index in [-0.39, 0.29) is 5.95 Å². The van der Waals surface area contributed by atoms with Gasteiger partial charge < -0.3 is 16.4 Å². The third-order valence-corrected chi connectivity index (χ3v) is 6.30. The number of aromatic nitrogens is 3. The Morgan fingerprint density at radius 1 is 1.23 bits per heavy atom. The Labute approximate surface area is 179 Å². The number of urea groups is 1. The van der Waals surface area contributed by atoms with Gasteiger partial charge in [-0.3, -0.25) is 0 Å². The highest BCUT2D eigenvalue weighted by atomic mass is 32.1. The number of halogens is 3. The zero-order chi connectivity index (χ0) is 22.2. The maximum absolute atomic E-state index is 12.9. The lowest BCUT2D eigenvalue weighted by Crippen LogP contribution is -2.52. The number of anilines is 2. The van der Waals surface area contributed by atoms with Crippen LogP contribution in [-0.2, 0) is 11.7 Å². The van der Waals surface area contributed by atoms with E-state index < -0.39 is 23.4 Å². The van der Waals surface area contributed by atoms with Gasteiger partial charge in [-0.15, -0.1) is 11.3 Å². The molecule has 0 spiro atoms. The molecule has 0 unspecified atom stereocenters. The molecule has 1 aliphatic carbocycles. The quantitative estimate of drug-likeness (QED) is 0.524. The molecule has 4 N–H and O–H groups in total. The van der Waals surface area contributed by atoms with E-state index in [0.29, 0.717) is 5.69 Å². The van der Waals surface area contributed by atoms with Crippen LogP contribution in [0, 0.1) is 6.92 Å². The van der Waals surface area contributed by atoms with Gasteiger partial charge >= 0.3 is 12.2 Å². The molecule has 0 bridgehead atoms. The molecule has 0 atom stereocenters. The molecule has 7 nitrogen and oxygen atoms in total. The molecule has 2 aromatic heterocycles. The van der Waals surface area contributed by atoms with Gasteiger partial charge in [-0.1, -0.05) is 6.07 Å². The first kappa shape index (κ1) is 21.0. The van der Waals surface area contributed by atoms with Crippen LogP contribution in [0.2, 0.25) is 0 Å². The van der Waals surface area contributed by atoms with Gasteiger partial charge in [0.05, 0.1) is 10.4 Å². The minimum atomic E-state index is -4.55. The third-order valence-electron chi connectivity index (χ3n) is 5.05. The smallest absolute Gasteiger partial charge is 0.352 e. The Kier molecular flexibility index (Phi) is 5.29. The van der Waals surface area contributed by atoms with E-state index >= 15 is 0 Å². The summed E-state index contributed by atoms with van der Waals surface area (Å²) in [6, 6.07) is 5.77. The maximum atomic E-state index is 12.9. The summed E-state index contributed by atoms with van der Waals surface area (Å²) in [4.78, 5) is 24.2. The number of rotatable bonds is 5. The number of nitrogens with zero attached hydrogens (tertiary/aromatic N) is 3. The largest absolute Gasteiger partial charge is 0.433 e. The number of hydrogen-bond acceptors (Lipinski definition) is 6. The van der Waals surface area contributed by atoms with Gasteiger partial charge in [0.2, 0.25) is 5.95 Å². The summed E-state index contributed by atoms with van der Waals surface area (Å²) in [5, 5.41) is 6.44. The number of carbonyl (C=O) groups excluding carboxylic acids is 1. The SMILES string of the molecule is Cc1cc(Nc2nccc(C(F)(F)F)n2)cc(-c2cnc(C3(NC(N)=O)CCC3)s2)c1. The van der Waals surface area contributed by atoms with E-state index in [9.17, 15) is 18.0 Å². The fourth-order valence-electron chi connectivity index (χ4n) is 3.49. The second kappa shape index (κ2) is 7.80. The topological polar surface area (TPSA) is 106 Å². The molecule has 4 rings (SSSR count). The second-order valence-corrected chi connectivity index (χ2v) is 8.46. The van der Waals surface area contributed by atoms with Crippen molar-refractivity contribution in [2.24, 2.45) is 5.73 Å². The van der Waals surface area contributed by atoms with E-state index in [2.05, 4.69) is 25.6 Å². The Hall–Kier alpha value is -3.21. The van der Waals surface area contributed by atoms with Crippen LogP contribution < -0.4 is 16.4 Å². The molecule has 2 amide bonds. The lowest BCUT2D eigenvalue weighted by Gasteiger charge is -2.40. The number of benzene rings is 1. The standard InChI is InChI=1S/C20H19F3N6OS/c1-11-7-12(14-10-26-16(31-14)19(4-2-5-19)29-17(24)30)9-13(8-11)27-18-25-6-3-15(28-18)20(21,22)23/h3,6-10H,2,4-5H2,1H3,(H3,24,29,30)(H,25,27,28). The van der Waals surface area contributed by atoms with E-state index in [1.165, 1.54) is 11.3 Å². The first-order chi connectivity index (χ1) is 14.6. The maximum Gasteiger partial charge on any atom is 0.433 e. The Morgan fingerprint density at radius 3 is 2.65 bits per heavy atom. The van der Waals surface area contributed by atoms with Crippen LogP contribution in [0.4, 0.5) is 29.6 Å². The highest BCUT2D eigenvalue weighted by Gasteiger charge is 2.42. The van der Waals surface area contributed by atoms with Crippen molar-refractivity contribution in [3.05, 3.63) is 52.9 Å². The number of nitrogens with two attached hydrogens (primary N) is 1. The summed E-state index contributed by atoms with van der Waals surface area (Å²) < 4.78 is 38.7. The average molecular weight is 448 g/mol. The van der Waals surface area contributed by atoms with Crippen LogP contribution >= 0.6 is 11.3 Å². The number of aryl methyl sites for hydroxylation is 1. The fourth-order valence-corrected chi connectivity index (χ4v) is 4.60. The molecule has 0 saturated heterocycles. The van der Waals surface area contributed by atoms with Crippen molar-refractivity contribution < 1.29 is 18.0 Å². The van der Waals surface area contributed by atoms with Gasteiger partial charge in [-0.2, -0.15) is 13.2 Å². The van der Waals surface area contributed by atoms with Crippen molar-refractivity contribution in [3.63, 3.8) is 0 Å². The number of amides is 2. The van der Waals surface area contributed by atoms with Gasteiger partial charge in [0.15, 0.2) is 0 Å². The van der Waals surface area contributed by atoms with Gasteiger partial charge in [0, 0.05) is 18.1 Å². The van der Waals surface area contributed by atoms with Gasteiger partial charge in [-0.25, -0.2) is 19.7 Å². The Balaban J connectivity index is 1.61. The molecule has 0 radical (unpaired) electrons. The van der Waals surface area contributed by atoms with Crippen LogP contribution in [0.25, 0.3) is 10.4 Å². The molecule has 1 aliphatic rings. The number of alkyl halides is 3. The van der Waals surface area contributed by atoms with Crippen molar-refractivity contribution in [1.82, 2.24) is 20.3 Å². The summed E-state index contributed by atoms with van der Waals surface area (Å²) in [6.45, 7) is 1.88. The Bertz CT molecular complexity index is 1130. The van der Waals surface area contributed by atoms with E-state index in [1.807, 2.05) is 13.0 Å². The van der Waals surface area contributed by atoms with Crippen LogP contribution in [0.3, 0.4) is 0 Å². The van der Waals surface area contributed by atoms with Crippen LogP contribution in [-0.4, -0.2) is 21.0 Å². The molecular weight excluding hydrogens is 429 g/mol. The van der Waals surface area contributed by atoms with E-state index in [1.54, 1.807) is 18.3 Å². The molecule has 162 valence electrons. The third kappa shape index (κ3) is 4.46. The first-order valence-corrected chi connectivity index (χ1v) is 10.3. The normalized spacial score (nSPS) is 15.2. The van der Waals surface area contributed by atoms with Crippen LogP contribution in [0.1, 0.15) is 35.5 Å². The Morgan fingerprint density at radius 2 is 2.00 bits per heavy atom. The molecule has 1 saturated carbocycles. The van der Waals surface area contributed by atoms with Crippen LogP contribution in [0.5, 0.6) is 0 Å². The number of primary amides is 1. The minimum absolute atomic E-state index is 0.143. The fraction of sp³-hybridized carbons (Fsp3) is 0.300. The van der Waals surface area contributed by atoms with Crippen LogP contribution in [0.15, 0.2) is 36.7 Å². The van der Waals surface area contributed by atoms with E-state index in [0.717, 1.165) is 52.5 Å². The van der Waals surface area contributed by atoms with Crippen molar-refractivity contribution >= 4 is 29.0 Å². The zero-order valence-corrected chi connectivity index (χ0v) is 17.3. The molecule has 31 heavy (non-hydrogen) atoms. The van der Waals surface area contributed by atoms with E-state index in [4.69, 9.17) is 5.73 Å². The predicted octanol–water partition coefficient (Wildman–Crippen LogP) is 4.72. The number of carbonyl (C=O) groups is 1.